The summed E-state index contributed by atoms with van der Waals surface area (Å²) in [5, 5.41) is 9.93. The summed E-state index contributed by atoms with van der Waals surface area (Å²) < 4.78 is 23.7. The Morgan fingerprint density at radius 3 is 2.78 bits per heavy atom. The zero-order valence-electron chi connectivity index (χ0n) is 10.2. The van der Waals surface area contributed by atoms with Gasteiger partial charge in [0, 0.05) is 38.5 Å². The summed E-state index contributed by atoms with van der Waals surface area (Å²) in [4.78, 5) is 6.19. The number of aliphatic hydroxyl groups excluding tert-OH is 1. The molecule has 0 unspecified atom stereocenters. The van der Waals surface area contributed by atoms with E-state index in [9.17, 15) is 8.42 Å². The van der Waals surface area contributed by atoms with Crippen LogP contribution in [0.4, 0.5) is 0 Å². The highest BCUT2D eigenvalue weighted by atomic mass is 32.2. The van der Waals surface area contributed by atoms with Crippen molar-refractivity contribution in [1.29, 1.82) is 0 Å². The van der Waals surface area contributed by atoms with Crippen molar-refractivity contribution >= 4 is 10.0 Å². The average molecular weight is 269 g/mol. The number of pyridine rings is 1. The van der Waals surface area contributed by atoms with Crippen LogP contribution in [0.2, 0.25) is 0 Å². The van der Waals surface area contributed by atoms with E-state index >= 15 is 0 Å². The lowest BCUT2D eigenvalue weighted by atomic mass is 10.3. The summed E-state index contributed by atoms with van der Waals surface area (Å²) in [5.74, 6) is 5.44. The largest absolute Gasteiger partial charge is 0.395 e. The molecule has 2 N–H and O–H groups in total. The number of hydrazine groups is 1. The maximum absolute atomic E-state index is 11.8. The molecule has 0 saturated carbocycles. The second-order valence-corrected chi connectivity index (χ2v) is 5.33. The van der Waals surface area contributed by atoms with Crippen molar-refractivity contribution < 1.29 is 13.5 Å². The minimum atomic E-state index is -3.62. The van der Waals surface area contributed by atoms with Crippen molar-refractivity contribution in [2.45, 2.75) is 11.3 Å². The van der Waals surface area contributed by atoms with E-state index in [0.717, 1.165) is 0 Å². The van der Waals surface area contributed by atoms with Gasteiger partial charge in [-0.3, -0.25) is 4.98 Å². The van der Waals surface area contributed by atoms with Crippen molar-refractivity contribution in [3.05, 3.63) is 24.0 Å². The molecule has 0 fully saturated rings. The van der Waals surface area contributed by atoms with Gasteiger partial charge in [0.05, 0.1) is 6.61 Å². The first-order valence-electron chi connectivity index (χ1n) is 5.20. The molecule has 0 aliphatic heterocycles. The summed E-state index contributed by atoms with van der Waals surface area (Å²) in [6, 6.07) is 1.43. The maximum Gasteiger partial charge on any atom is 0.255 e. The highest BCUT2D eigenvalue weighted by Gasteiger charge is 2.15. The lowest BCUT2D eigenvalue weighted by molar-refractivity contribution is 0.305. The smallest absolute Gasteiger partial charge is 0.255 e. The number of hydrogen-bond donors (Lipinski definition) is 2. The summed E-state index contributed by atoms with van der Waals surface area (Å²) >= 11 is 0. The number of aliphatic hydroxyl groups is 1. The van der Waals surface area contributed by atoms with Gasteiger partial charge in [-0.2, -0.15) is 0 Å². The minimum Gasteiger partial charge on any atom is -0.395 e. The Labute approximate surface area is 107 Å². The Kier molecular flexibility index (Phi) is 5.25. The van der Waals surface area contributed by atoms with E-state index in [1.807, 2.05) is 0 Å². The fraction of sp³-hybridized carbons (Fsp3) is 0.364. The van der Waals surface area contributed by atoms with E-state index in [4.69, 9.17) is 5.11 Å². The highest BCUT2D eigenvalue weighted by Crippen LogP contribution is 2.08. The van der Waals surface area contributed by atoms with Gasteiger partial charge in [-0.05, 0) is 6.07 Å². The molecule has 0 aliphatic rings. The third-order valence-corrected chi connectivity index (χ3v) is 3.25. The van der Waals surface area contributed by atoms with Crippen LogP contribution >= 0.6 is 0 Å². The quantitative estimate of drug-likeness (QED) is 0.572. The Morgan fingerprint density at radius 2 is 2.17 bits per heavy atom. The van der Waals surface area contributed by atoms with Gasteiger partial charge in [-0.15, -0.1) is 4.83 Å². The Balaban J connectivity index is 2.99. The molecule has 0 radical (unpaired) electrons. The fourth-order valence-corrected chi connectivity index (χ4v) is 2.22. The van der Waals surface area contributed by atoms with Crippen LogP contribution in [-0.2, 0) is 10.0 Å². The minimum absolute atomic E-state index is 0.0272. The first kappa shape index (κ1) is 14.6. The fourth-order valence-electron chi connectivity index (χ4n) is 1.15. The number of hydrogen-bond acceptors (Lipinski definition) is 5. The molecule has 0 aromatic carbocycles. The molecule has 1 aromatic rings. The zero-order valence-corrected chi connectivity index (χ0v) is 11.0. The molecule has 0 amide bonds. The number of aromatic nitrogens is 1. The van der Waals surface area contributed by atoms with Crippen LogP contribution in [0.25, 0.3) is 0 Å². The lowest BCUT2D eigenvalue weighted by Crippen LogP contribution is -2.36. The van der Waals surface area contributed by atoms with Crippen LogP contribution in [0, 0.1) is 11.8 Å². The molecule has 1 rings (SSSR count). The van der Waals surface area contributed by atoms with Gasteiger partial charge < -0.3 is 5.11 Å². The number of sulfonamides is 1. The molecular formula is C11H15N3O3S. The maximum atomic E-state index is 11.8. The summed E-state index contributed by atoms with van der Waals surface area (Å²) in [6.45, 7) is -0.0272. The molecule has 7 heteroatoms. The van der Waals surface area contributed by atoms with Gasteiger partial charge in [0.1, 0.15) is 4.90 Å². The van der Waals surface area contributed by atoms with Crippen LogP contribution in [0.3, 0.4) is 0 Å². The number of nitrogens with one attached hydrogen (secondary N) is 1. The van der Waals surface area contributed by atoms with Crippen molar-refractivity contribution in [1.82, 2.24) is 14.8 Å². The van der Waals surface area contributed by atoms with E-state index in [-0.39, 0.29) is 11.5 Å². The second-order valence-electron chi connectivity index (χ2n) is 3.67. The summed E-state index contributed by atoms with van der Waals surface area (Å²) in [5.41, 5.74) is 0.491. The number of rotatable bonds is 4. The van der Waals surface area contributed by atoms with Gasteiger partial charge in [0.15, 0.2) is 0 Å². The summed E-state index contributed by atoms with van der Waals surface area (Å²) in [6.07, 6.45) is 3.06. The predicted octanol–water partition coefficient (Wildman–Crippen LogP) is -0.430. The van der Waals surface area contributed by atoms with Gasteiger partial charge in [0.25, 0.3) is 10.0 Å². The lowest BCUT2D eigenvalue weighted by Gasteiger charge is -2.12. The Morgan fingerprint density at radius 1 is 1.44 bits per heavy atom. The molecule has 0 bridgehead atoms. The van der Waals surface area contributed by atoms with E-state index in [1.54, 1.807) is 14.1 Å². The Hall–Kier alpha value is -1.46. The molecule has 18 heavy (non-hydrogen) atoms. The van der Waals surface area contributed by atoms with Crippen LogP contribution in [0.1, 0.15) is 12.0 Å². The van der Waals surface area contributed by atoms with Gasteiger partial charge >= 0.3 is 0 Å². The Bertz CT molecular complexity index is 558. The van der Waals surface area contributed by atoms with Crippen molar-refractivity contribution in [2.24, 2.45) is 0 Å². The van der Waals surface area contributed by atoms with Crippen molar-refractivity contribution in [3.8, 4) is 11.8 Å². The third-order valence-electron chi connectivity index (χ3n) is 1.80. The van der Waals surface area contributed by atoms with Crippen molar-refractivity contribution in [3.63, 3.8) is 0 Å². The molecular weight excluding hydrogens is 254 g/mol. The molecule has 1 heterocycles. The normalized spacial score (nSPS) is 11.1. The SMILES string of the molecule is CN(C)NS(=O)(=O)c1cncc(C#CCCO)c1. The molecule has 6 nitrogen and oxygen atoms in total. The molecule has 0 spiro atoms. The zero-order chi connectivity index (χ0) is 13.6. The van der Waals surface area contributed by atoms with Crippen LogP contribution < -0.4 is 4.83 Å². The number of nitrogens with zero attached hydrogens (tertiary/aromatic N) is 2. The van der Waals surface area contributed by atoms with Crippen LogP contribution in [-0.4, -0.2) is 44.2 Å². The van der Waals surface area contributed by atoms with Crippen molar-refractivity contribution in [2.75, 3.05) is 20.7 Å². The van der Waals surface area contributed by atoms with E-state index in [2.05, 4.69) is 21.7 Å². The second kappa shape index (κ2) is 6.47. The third kappa shape index (κ3) is 4.43. The molecule has 1 aromatic heterocycles. The van der Waals surface area contributed by atoms with Crippen LogP contribution in [0.15, 0.2) is 23.4 Å². The molecule has 0 aliphatic carbocycles. The molecule has 0 atom stereocenters. The first-order chi connectivity index (χ1) is 8.45. The van der Waals surface area contributed by atoms with E-state index in [0.29, 0.717) is 12.0 Å². The summed E-state index contributed by atoms with van der Waals surface area (Å²) in [7, 11) is -0.458. The predicted molar refractivity (Wildman–Crippen MR) is 66.8 cm³/mol. The molecule has 0 saturated heterocycles. The van der Waals surface area contributed by atoms with Gasteiger partial charge in [0.2, 0.25) is 0 Å². The van der Waals surface area contributed by atoms with Gasteiger partial charge in [-0.25, -0.2) is 13.4 Å². The topological polar surface area (TPSA) is 82.5 Å². The molecule has 98 valence electrons. The van der Waals surface area contributed by atoms with Gasteiger partial charge in [-0.1, -0.05) is 11.8 Å². The van der Waals surface area contributed by atoms with Crippen LogP contribution in [0.5, 0.6) is 0 Å². The average Bonchev–Trinajstić information content (AvgIpc) is 2.28. The van der Waals surface area contributed by atoms with E-state index < -0.39 is 10.0 Å². The highest BCUT2D eigenvalue weighted by molar-refractivity contribution is 7.89. The standard InChI is InChI=1S/C11H15N3O3S/c1-14(2)13-18(16,17)11-7-10(8-12-9-11)5-3-4-6-15/h7-9,13,15H,4,6H2,1-2H3. The van der Waals surface area contributed by atoms with E-state index in [1.165, 1.54) is 23.5 Å². The first-order valence-corrected chi connectivity index (χ1v) is 6.68. The monoisotopic (exact) mass is 269 g/mol.